The highest BCUT2D eigenvalue weighted by Gasteiger charge is 2.14. The Morgan fingerprint density at radius 3 is 2.41 bits per heavy atom. The number of aryl methyl sites for hydroxylation is 1. The SMILES string of the molecule is Cc1cc(CNS(=O)(=O)c2ccc(Cl)cc2)nc(N(C)C)n1. The fourth-order valence-corrected chi connectivity index (χ4v) is 2.90. The van der Waals surface area contributed by atoms with Crippen LogP contribution in [0.4, 0.5) is 5.95 Å². The molecular weight excluding hydrogens is 324 g/mol. The lowest BCUT2D eigenvalue weighted by Crippen LogP contribution is -2.24. The summed E-state index contributed by atoms with van der Waals surface area (Å²) < 4.78 is 26.9. The van der Waals surface area contributed by atoms with E-state index in [9.17, 15) is 8.42 Å². The Hall–Kier alpha value is -1.70. The first kappa shape index (κ1) is 16.7. The van der Waals surface area contributed by atoms with Gasteiger partial charge in [-0.25, -0.2) is 23.1 Å². The van der Waals surface area contributed by atoms with Gasteiger partial charge in [-0.05, 0) is 37.3 Å². The minimum absolute atomic E-state index is 0.0924. The first-order chi connectivity index (χ1) is 10.3. The zero-order chi connectivity index (χ0) is 16.3. The van der Waals surface area contributed by atoms with Crippen LogP contribution in [-0.4, -0.2) is 32.5 Å². The Kier molecular flexibility index (Phi) is 5.00. The van der Waals surface area contributed by atoms with Gasteiger partial charge in [0.1, 0.15) is 0 Å². The molecule has 0 unspecified atom stereocenters. The molecular formula is C14H17ClN4O2S. The molecule has 0 aliphatic carbocycles. The number of nitrogens with zero attached hydrogens (tertiary/aromatic N) is 3. The standard InChI is InChI=1S/C14H17ClN4O2S/c1-10-8-12(18-14(17-10)19(2)3)9-16-22(20,21)13-6-4-11(15)5-7-13/h4-8,16H,9H2,1-3H3. The highest BCUT2D eigenvalue weighted by atomic mass is 35.5. The van der Waals surface area contributed by atoms with Crippen molar-refractivity contribution in [3.63, 3.8) is 0 Å². The number of hydrogen-bond donors (Lipinski definition) is 1. The molecule has 0 bridgehead atoms. The molecule has 0 atom stereocenters. The van der Waals surface area contributed by atoms with E-state index < -0.39 is 10.0 Å². The number of nitrogens with one attached hydrogen (secondary N) is 1. The molecule has 0 aliphatic rings. The lowest BCUT2D eigenvalue weighted by Gasteiger charge is -2.13. The van der Waals surface area contributed by atoms with Gasteiger partial charge in [-0.2, -0.15) is 0 Å². The van der Waals surface area contributed by atoms with Gasteiger partial charge in [0.2, 0.25) is 16.0 Å². The van der Waals surface area contributed by atoms with Crippen LogP contribution in [-0.2, 0) is 16.6 Å². The van der Waals surface area contributed by atoms with Crippen molar-refractivity contribution in [2.75, 3.05) is 19.0 Å². The van der Waals surface area contributed by atoms with Gasteiger partial charge >= 0.3 is 0 Å². The van der Waals surface area contributed by atoms with Gasteiger partial charge < -0.3 is 4.90 Å². The molecule has 0 saturated heterocycles. The maximum atomic E-state index is 12.2. The molecule has 2 aromatic rings. The summed E-state index contributed by atoms with van der Waals surface area (Å²) in [6, 6.07) is 7.74. The van der Waals surface area contributed by atoms with Gasteiger partial charge in [-0.1, -0.05) is 11.6 Å². The highest BCUT2D eigenvalue weighted by Crippen LogP contribution is 2.14. The lowest BCUT2D eigenvalue weighted by atomic mass is 10.3. The van der Waals surface area contributed by atoms with E-state index in [0.717, 1.165) is 5.69 Å². The zero-order valence-electron chi connectivity index (χ0n) is 12.5. The maximum Gasteiger partial charge on any atom is 0.240 e. The number of sulfonamides is 1. The van der Waals surface area contributed by atoms with E-state index in [1.165, 1.54) is 24.3 Å². The van der Waals surface area contributed by atoms with Crippen molar-refractivity contribution in [2.45, 2.75) is 18.4 Å². The fraction of sp³-hybridized carbons (Fsp3) is 0.286. The molecule has 0 aliphatic heterocycles. The van der Waals surface area contributed by atoms with Crippen LogP contribution in [0.15, 0.2) is 35.2 Å². The summed E-state index contributed by atoms with van der Waals surface area (Å²) in [5.74, 6) is 0.542. The minimum atomic E-state index is -3.60. The quantitative estimate of drug-likeness (QED) is 0.900. The van der Waals surface area contributed by atoms with Crippen molar-refractivity contribution in [3.8, 4) is 0 Å². The van der Waals surface area contributed by atoms with E-state index in [0.29, 0.717) is 16.7 Å². The van der Waals surface area contributed by atoms with Gasteiger partial charge in [0.05, 0.1) is 17.1 Å². The smallest absolute Gasteiger partial charge is 0.240 e. The molecule has 2 rings (SSSR count). The third kappa shape index (κ3) is 4.16. The number of anilines is 1. The largest absolute Gasteiger partial charge is 0.347 e. The van der Waals surface area contributed by atoms with Crippen molar-refractivity contribution in [1.82, 2.24) is 14.7 Å². The Labute approximate surface area is 135 Å². The third-order valence-corrected chi connectivity index (χ3v) is 4.53. The highest BCUT2D eigenvalue weighted by molar-refractivity contribution is 7.89. The number of rotatable bonds is 5. The van der Waals surface area contributed by atoms with E-state index in [2.05, 4.69) is 14.7 Å². The second-order valence-corrected chi connectivity index (χ2v) is 7.18. The predicted octanol–water partition coefficient (Wildman–Crippen LogP) is 1.98. The predicted molar refractivity (Wildman–Crippen MR) is 86.6 cm³/mol. The van der Waals surface area contributed by atoms with Gasteiger partial charge in [-0.15, -0.1) is 0 Å². The van der Waals surface area contributed by atoms with Crippen molar-refractivity contribution in [2.24, 2.45) is 0 Å². The third-order valence-electron chi connectivity index (χ3n) is 2.86. The van der Waals surface area contributed by atoms with Crippen LogP contribution in [0.25, 0.3) is 0 Å². The molecule has 1 N–H and O–H groups in total. The summed E-state index contributed by atoms with van der Waals surface area (Å²) >= 11 is 5.76. The second-order valence-electron chi connectivity index (χ2n) is 4.97. The molecule has 0 spiro atoms. The number of halogens is 1. The van der Waals surface area contributed by atoms with Crippen molar-refractivity contribution >= 4 is 27.6 Å². The molecule has 0 fully saturated rings. The lowest BCUT2D eigenvalue weighted by molar-refractivity contribution is 0.580. The van der Waals surface area contributed by atoms with Crippen LogP contribution in [0, 0.1) is 6.92 Å². The van der Waals surface area contributed by atoms with Gasteiger partial charge in [0.25, 0.3) is 0 Å². The second kappa shape index (κ2) is 6.60. The van der Waals surface area contributed by atoms with Crippen LogP contribution in [0.3, 0.4) is 0 Å². The van der Waals surface area contributed by atoms with Crippen molar-refractivity contribution < 1.29 is 8.42 Å². The van der Waals surface area contributed by atoms with E-state index in [1.54, 1.807) is 11.0 Å². The Morgan fingerprint density at radius 1 is 1.18 bits per heavy atom. The number of aromatic nitrogens is 2. The van der Waals surface area contributed by atoms with Crippen LogP contribution < -0.4 is 9.62 Å². The van der Waals surface area contributed by atoms with E-state index in [1.807, 2.05) is 21.0 Å². The summed E-state index contributed by atoms with van der Waals surface area (Å²) in [6.45, 7) is 1.93. The Bertz CT molecular complexity index is 761. The Balaban J connectivity index is 2.17. The van der Waals surface area contributed by atoms with E-state index in [4.69, 9.17) is 11.6 Å². The molecule has 0 amide bonds. The van der Waals surface area contributed by atoms with Crippen LogP contribution in [0.1, 0.15) is 11.4 Å². The van der Waals surface area contributed by atoms with Gasteiger partial charge in [-0.3, -0.25) is 0 Å². The topological polar surface area (TPSA) is 75.2 Å². The summed E-state index contributed by atoms with van der Waals surface area (Å²) in [5, 5.41) is 0.487. The normalized spacial score (nSPS) is 11.5. The van der Waals surface area contributed by atoms with Crippen molar-refractivity contribution in [3.05, 3.63) is 46.7 Å². The first-order valence-electron chi connectivity index (χ1n) is 6.55. The van der Waals surface area contributed by atoms with Crippen LogP contribution in [0.2, 0.25) is 5.02 Å². The molecule has 1 aromatic heterocycles. The molecule has 6 nitrogen and oxygen atoms in total. The fourth-order valence-electron chi connectivity index (χ4n) is 1.77. The zero-order valence-corrected chi connectivity index (χ0v) is 14.1. The summed E-state index contributed by atoms with van der Waals surface area (Å²) in [5.41, 5.74) is 1.38. The Morgan fingerprint density at radius 2 is 1.82 bits per heavy atom. The molecule has 0 saturated carbocycles. The summed E-state index contributed by atoms with van der Waals surface area (Å²) in [4.78, 5) is 10.5. The van der Waals surface area contributed by atoms with Crippen LogP contribution in [0.5, 0.6) is 0 Å². The molecule has 8 heteroatoms. The summed E-state index contributed by atoms with van der Waals surface area (Å²) in [6.07, 6.45) is 0. The van der Waals surface area contributed by atoms with Gasteiger partial charge in [0, 0.05) is 24.8 Å². The number of hydrogen-bond acceptors (Lipinski definition) is 5. The average Bonchev–Trinajstić information content (AvgIpc) is 2.45. The molecule has 1 aromatic carbocycles. The van der Waals surface area contributed by atoms with Crippen molar-refractivity contribution in [1.29, 1.82) is 0 Å². The molecule has 1 heterocycles. The average molecular weight is 341 g/mol. The van der Waals surface area contributed by atoms with Gasteiger partial charge in [0.15, 0.2) is 0 Å². The molecule has 0 radical (unpaired) electrons. The van der Waals surface area contributed by atoms with Crippen LogP contribution >= 0.6 is 11.6 Å². The first-order valence-corrected chi connectivity index (χ1v) is 8.41. The van der Waals surface area contributed by atoms with E-state index >= 15 is 0 Å². The maximum absolute atomic E-state index is 12.2. The molecule has 22 heavy (non-hydrogen) atoms. The molecule has 118 valence electrons. The summed E-state index contributed by atoms with van der Waals surface area (Å²) in [7, 11) is 0.0558. The monoisotopic (exact) mass is 340 g/mol. The van der Waals surface area contributed by atoms with E-state index in [-0.39, 0.29) is 11.4 Å². The minimum Gasteiger partial charge on any atom is -0.347 e. The number of benzene rings is 1.